The molecule has 0 heterocycles. The van der Waals surface area contributed by atoms with Gasteiger partial charge in [0.25, 0.3) is 0 Å². The SMILES string of the molecule is CC#CCCC(=O)c1cccc(S(C)(=O)=O)c1. The number of benzene rings is 1. The Hall–Kier alpha value is -1.60. The van der Waals surface area contributed by atoms with Gasteiger partial charge in [0.15, 0.2) is 15.6 Å². The molecule has 0 radical (unpaired) electrons. The molecule has 0 aromatic heterocycles. The average Bonchev–Trinajstić information content (AvgIpc) is 2.28. The molecule has 1 aromatic rings. The molecule has 0 aliphatic heterocycles. The molecule has 90 valence electrons. The molecule has 1 aromatic carbocycles. The summed E-state index contributed by atoms with van der Waals surface area (Å²) in [6.07, 6.45) is 1.94. The summed E-state index contributed by atoms with van der Waals surface area (Å²) in [6.45, 7) is 1.72. The highest BCUT2D eigenvalue weighted by atomic mass is 32.2. The Labute approximate surface area is 102 Å². The van der Waals surface area contributed by atoms with Crippen LogP contribution in [0.15, 0.2) is 29.2 Å². The summed E-state index contributed by atoms with van der Waals surface area (Å²) in [4.78, 5) is 11.9. The number of ketones is 1. The predicted molar refractivity (Wildman–Crippen MR) is 66.6 cm³/mol. The van der Waals surface area contributed by atoms with E-state index < -0.39 is 9.84 Å². The molecule has 0 atom stereocenters. The summed E-state index contributed by atoms with van der Waals surface area (Å²) >= 11 is 0. The Bertz CT molecular complexity index is 574. The molecule has 0 fully saturated rings. The van der Waals surface area contributed by atoms with Crippen LogP contribution in [0.3, 0.4) is 0 Å². The maximum Gasteiger partial charge on any atom is 0.175 e. The Balaban J connectivity index is 2.91. The Morgan fingerprint density at radius 2 is 2.06 bits per heavy atom. The van der Waals surface area contributed by atoms with Gasteiger partial charge in [0.1, 0.15) is 0 Å². The van der Waals surface area contributed by atoms with Gasteiger partial charge < -0.3 is 0 Å². The van der Waals surface area contributed by atoms with E-state index in [1.807, 2.05) is 0 Å². The first-order valence-electron chi connectivity index (χ1n) is 5.18. The van der Waals surface area contributed by atoms with Crippen LogP contribution in [0.25, 0.3) is 0 Å². The minimum atomic E-state index is -3.26. The van der Waals surface area contributed by atoms with Gasteiger partial charge in [-0.15, -0.1) is 11.8 Å². The summed E-state index contributed by atoms with van der Waals surface area (Å²) in [7, 11) is -3.26. The largest absolute Gasteiger partial charge is 0.294 e. The van der Waals surface area contributed by atoms with Crippen molar-refractivity contribution in [2.75, 3.05) is 6.26 Å². The number of carbonyl (C=O) groups excluding carboxylic acids is 1. The van der Waals surface area contributed by atoms with E-state index in [9.17, 15) is 13.2 Å². The fourth-order valence-electron chi connectivity index (χ4n) is 1.35. The lowest BCUT2D eigenvalue weighted by molar-refractivity contribution is 0.0984. The van der Waals surface area contributed by atoms with E-state index in [1.165, 1.54) is 12.1 Å². The second-order valence-electron chi connectivity index (χ2n) is 3.65. The second-order valence-corrected chi connectivity index (χ2v) is 5.67. The lowest BCUT2D eigenvalue weighted by Crippen LogP contribution is -2.02. The van der Waals surface area contributed by atoms with Gasteiger partial charge in [0.05, 0.1) is 4.90 Å². The van der Waals surface area contributed by atoms with E-state index in [0.717, 1.165) is 6.26 Å². The Morgan fingerprint density at radius 1 is 1.35 bits per heavy atom. The van der Waals surface area contributed by atoms with Crippen LogP contribution in [0, 0.1) is 11.8 Å². The van der Waals surface area contributed by atoms with Crippen molar-refractivity contribution in [1.82, 2.24) is 0 Å². The van der Waals surface area contributed by atoms with Crippen molar-refractivity contribution in [3.63, 3.8) is 0 Å². The first-order chi connectivity index (χ1) is 7.95. The molecule has 0 aliphatic carbocycles. The maximum absolute atomic E-state index is 11.7. The molecule has 0 saturated carbocycles. The molecule has 0 saturated heterocycles. The zero-order valence-electron chi connectivity index (χ0n) is 9.86. The summed E-state index contributed by atoms with van der Waals surface area (Å²) in [5.74, 6) is 5.43. The average molecular weight is 250 g/mol. The lowest BCUT2D eigenvalue weighted by Gasteiger charge is -2.02. The number of carbonyl (C=O) groups is 1. The van der Waals surface area contributed by atoms with Crippen LogP contribution < -0.4 is 0 Å². The molecule has 3 nitrogen and oxygen atoms in total. The first-order valence-corrected chi connectivity index (χ1v) is 7.07. The standard InChI is InChI=1S/C13H14O3S/c1-3-4-5-9-13(14)11-7-6-8-12(10-11)17(2,15)16/h6-8,10H,5,9H2,1-2H3. The van der Waals surface area contributed by atoms with Crippen molar-refractivity contribution in [3.05, 3.63) is 29.8 Å². The molecular weight excluding hydrogens is 236 g/mol. The van der Waals surface area contributed by atoms with Gasteiger partial charge >= 0.3 is 0 Å². The zero-order valence-corrected chi connectivity index (χ0v) is 10.7. The maximum atomic E-state index is 11.7. The van der Waals surface area contributed by atoms with Crippen molar-refractivity contribution < 1.29 is 13.2 Å². The van der Waals surface area contributed by atoms with Crippen LogP contribution in [0.5, 0.6) is 0 Å². The monoisotopic (exact) mass is 250 g/mol. The van der Waals surface area contributed by atoms with Crippen LogP contribution in [0.2, 0.25) is 0 Å². The van der Waals surface area contributed by atoms with Crippen LogP contribution in [0.4, 0.5) is 0 Å². The molecule has 0 unspecified atom stereocenters. The summed E-state index contributed by atoms with van der Waals surface area (Å²) < 4.78 is 22.7. The van der Waals surface area contributed by atoms with E-state index in [4.69, 9.17) is 0 Å². The topological polar surface area (TPSA) is 51.2 Å². The molecule has 0 aliphatic rings. The predicted octanol–water partition coefficient (Wildman–Crippen LogP) is 2.08. The Morgan fingerprint density at radius 3 is 2.65 bits per heavy atom. The zero-order chi connectivity index (χ0) is 12.9. The molecule has 1 rings (SSSR count). The van der Waals surface area contributed by atoms with E-state index in [0.29, 0.717) is 18.4 Å². The summed E-state index contributed by atoms with van der Waals surface area (Å²) in [5, 5.41) is 0. The van der Waals surface area contributed by atoms with Gasteiger partial charge in [0.2, 0.25) is 0 Å². The summed E-state index contributed by atoms with van der Waals surface area (Å²) in [5.41, 5.74) is 0.422. The molecule has 0 N–H and O–H groups in total. The van der Waals surface area contributed by atoms with Crippen LogP contribution in [-0.4, -0.2) is 20.5 Å². The molecule has 4 heteroatoms. The van der Waals surface area contributed by atoms with Crippen LogP contribution in [-0.2, 0) is 9.84 Å². The molecule has 17 heavy (non-hydrogen) atoms. The quantitative estimate of drug-likeness (QED) is 0.607. The van der Waals surface area contributed by atoms with Crippen molar-refractivity contribution >= 4 is 15.6 Å². The number of hydrogen-bond donors (Lipinski definition) is 0. The van der Waals surface area contributed by atoms with E-state index in [2.05, 4.69) is 11.8 Å². The molecule has 0 amide bonds. The van der Waals surface area contributed by atoms with Crippen molar-refractivity contribution in [1.29, 1.82) is 0 Å². The highest BCUT2D eigenvalue weighted by Gasteiger charge is 2.10. The normalized spacial score (nSPS) is 10.5. The number of sulfone groups is 1. The highest BCUT2D eigenvalue weighted by Crippen LogP contribution is 2.13. The number of rotatable bonds is 4. The van der Waals surface area contributed by atoms with Crippen molar-refractivity contribution in [3.8, 4) is 11.8 Å². The smallest absolute Gasteiger partial charge is 0.175 e. The minimum absolute atomic E-state index is 0.0850. The van der Waals surface area contributed by atoms with Gasteiger partial charge in [0, 0.05) is 24.7 Å². The molecule has 0 bridgehead atoms. The third kappa shape index (κ3) is 4.04. The fraction of sp³-hybridized carbons (Fsp3) is 0.308. The third-order valence-electron chi connectivity index (χ3n) is 2.24. The van der Waals surface area contributed by atoms with E-state index in [-0.39, 0.29) is 10.7 Å². The number of Topliss-reactive ketones (excluding diaryl/α,β-unsaturated/α-hetero) is 1. The van der Waals surface area contributed by atoms with Gasteiger partial charge in [-0.25, -0.2) is 8.42 Å². The van der Waals surface area contributed by atoms with Gasteiger partial charge in [-0.2, -0.15) is 0 Å². The van der Waals surface area contributed by atoms with E-state index >= 15 is 0 Å². The summed E-state index contributed by atoms with van der Waals surface area (Å²) in [6, 6.07) is 6.10. The first kappa shape index (κ1) is 13.5. The fourth-order valence-corrected chi connectivity index (χ4v) is 2.01. The second kappa shape index (κ2) is 5.65. The van der Waals surface area contributed by atoms with Gasteiger partial charge in [-0.05, 0) is 19.1 Å². The van der Waals surface area contributed by atoms with Gasteiger partial charge in [-0.3, -0.25) is 4.79 Å². The van der Waals surface area contributed by atoms with Crippen LogP contribution in [0.1, 0.15) is 30.1 Å². The highest BCUT2D eigenvalue weighted by molar-refractivity contribution is 7.90. The van der Waals surface area contributed by atoms with Crippen molar-refractivity contribution in [2.24, 2.45) is 0 Å². The Kier molecular flexibility index (Phi) is 4.47. The van der Waals surface area contributed by atoms with E-state index in [1.54, 1.807) is 19.1 Å². The lowest BCUT2D eigenvalue weighted by atomic mass is 10.1. The van der Waals surface area contributed by atoms with Gasteiger partial charge in [-0.1, -0.05) is 12.1 Å². The van der Waals surface area contributed by atoms with Crippen molar-refractivity contribution in [2.45, 2.75) is 24.7 Å². The molecular formula is C13H14O3S. The van der Waals surface area contributed by atoms with Crippen LogP contribution >= 0.6 is 0 Å². The number of hydrogen-bond acceptors (Lipinski definition) is 3. The minimum Gasteiger partial charge on any atom is -0.294 e. The third-order valence-corrected chi connectivity index (χ3v) is 3.35. The molecule has 0 spiro atoms.